The minimum atomic E-state index is -3.48. The zero-order chi connectivity index (χ0) is 22.9. The Bertz CT molecular complexity index is 1270. The molecule has 0 radical (unpaired) electrons. The molecule has 0 saturated carbocycles. The van der Waals surface area contributed by atoms with E-state index in [-0.39, 0.29) is 28.5 Å². The molecule has 2 aromatic carbocycles. The monoisotopic (exact) mass is 481 g/mol. The van der Waals surface area contributed by atoms with Gasteiger partial charge < -0.3 is 10.4 Å². The molecule has 1 amide bonds. The van der Waals surface area contributed by atoms with Gasteiger partial charge in [-0.15, -0.1) is 0 Å². The first-order valence-electron chi connectivity index (χ1n) is 9.39. The Hall–Kier alpha value is -2.55. The number of benzene rings is 2. The van der Waals surface area contributed by atoms with Crippen LogP contribution in [0.2, 0.25) is 10.0 Å². The number of phenols is 1. The third-order valence-corrected chi connectivity index (χ3v) is 7.38. The van der Waals surface area contributed by atoms with Crippen LogP contribution in [0.1, 0.15) is 23.9 Å². The lowest BCUT2D eigenvalue weighted by molar-refractivity contribution is -0.115. The van der Waals surface area contributed by atoms with Crippen LogP contribution in [0.4, 0.5) is 5.69 Å². The molecule has 0 aliphatic heterocycles. The molecule has 3 rings (SSSR count). The van der Waals surface area contributed by atoms with Gasteiger partial charge in [0.2, 0.25) is 5.91 Å². The van der Waals surface area contributed by atoms with Crippen LogP contribution >= 0.6 is 23.2 Å². The first-order valence-corrected chi connectivity index (χ1v) is 11.8. The van der Waals surface area contributed by atoms with E-state index in [0.717, 1.165) is 5.69 Å². The van der Waals surface area contributed by atoms with Crippen LogP contribution in [0, 0.1) is 13.8 Å². The molecule has 0 aliphatic rings. The summed E-state index contributed by atoms with van der Waals surface area (Å²) >= 11 is 12.1. The molecule has 1 heterocycles. The van der Waals surface area contributed by atoms with Crippen molar-refractivity contribution >= 4 is 44.6 Å². The number of carbonyl (C=O) groups is 1. The third-order valence-electron chi connectivity index (χ3n) is 4.91. The Morgan fingerprint density at radius 2 is 1.84 bits per heavy atom. The predicted octanol–water partition coefficient (Wildman–Crippen LogP) is 4.48. The van der Waals surface area contributed by atoms with Gasteiger partial charge in [0.05, 0.1) is 44.2 Å². The van der Waals surface area contributed by atoms with Crippen molar-refractivity contribution in [3.8, 4) is 11.4 Å². The highest BCUT2D eigenvalue weighted by Gasteiger charge is 2.19. The van der Waals surface area contributed by atoms with Crippen molar-refractivity contribution in [3.05, 3.63) is 63.4 Å². The highest BCUT2D eigenvalue weighted by atomic mass is 35.5. The number of nitrogens with one attached hydrogen (secondary N) is 1. The van der Waals surface area contributed by atoms with Gasteiger partial charge in [0.25, 0.3) is 0 Å². The number of amides is 1. The van der Waals surface area contributed by atoms with Gasteiger partial charge in [0, 0.05) is 11.3 Å². The molecule has 7 nitrogen and oxygen atoms in total. The Morgan fingerprint density at radius 3 is 2.48 bits per heavy atom. The molecule has 0 spiro atoms. The molecular weight excluding hydrogens is 461 g/mol. The molecule has 0 aliphatic carbocycles. The van der Waals surface area contributed by atoms with E-state index in [4.69, 9.17) is 23.2 Å². The number of halogens is 2. The van der Waals surface area contributed by atoms with Gasteiger partial charge in [-0.25, -0.2) is 13.1 Å². The van der Waals surface area contributed by atoms with Gasteiger partial charge in [-0.05, 0) is 50.2 Å². The standard InChI is InChI=1S/C21H21Cl2N3O4S/c1-4-31(29,30)15-6-8-20(27)19(10-15)24-21(28)11-16-12(2)25-26(13(16)3)14-5-7-17(22)18(23)9-14/h5-10,27H,4,11H2,1-3H3,(H,24,28). The zero-order valence-electron chi connectivity index (χ0n) is 17.1. The second-order valence-electron chi connectivity index (χ2n) is 6.97. The average molecular weight is 482 g/mol. The van der Waals surface area contributed by atoms with Crippen LogP contribution in [0.3, 0.4) is 0 Å². The van der Waals surface area contributed by atoms with Gasteiger partial charge in [0.1, 0.15) is 5.75 Å². The summed E-state index contributed by atoms with van der Waals surface area (Å²) in [5.74, 6) is -0.721. The number of rotatable bonds is 6. The highest BCUT2D eigenvalue weighted by molar-refractivity contribution is 7.91. The minimum absolute atomic E-state index is 0.0107. The van der Waals surface area contributed by atoms with Crippen molar-refractivity contribution in [2.45, 2.75) is 32.1 Å². The molecule has 164 valence electrons. The number of sulfone groups is 1. The molecular formula is C21H21Cl2N3O4S. The lowest BCUT2D eigenvalue weighted by atomic mass is 10.1. The minimum Gasteiger partial charge on any atom is -0.506 e. The Morgan fingerprint density at radius 1 is 1.13 bits per heavy atom. The van der Waals surface area contributed by atoms with Crippen molar-refractivity contribution in [1.29, 1.82) is 0 Å². The highest BCUT2D eigenvalue weighted by Crippen LogP contribution is 2.28. The Kier molecular flexibility index (Phi) is 6.64. The first kappa shape index (κ1) is 23.1. The molecule has 1 aromatic heterocycles. The maximum atomic E-state index is 12.7. The van der Waals surface area contributed by atoms with Gasteiger partial charge in [-0.3, -0.25) is 4.79 Å². The topological polar surface area (TPSA) is 101 Å². The maximum Gasteiger partial charge on any atom is 0.229 e. The average Bonchev–Trinajstić information content (AvgIpc) is 2.99. The summed E-state index contributed by atoms with van der Waals surface area (Å²) in [6.45, 7) is 5.14. The Labute approximate surface area is 190 Å². The first-order chi connectivity index (χ1) is 14.5. The summed E-state index contributed by atoms with van der Waals surface area (Å²) in [6, 6.07) is 8.93. The molecule has 0 atom stereocenters. The SMILES string of the molecule is CCS(=O)(=O)c1ccc(O)c(NC(=O)Cc2c(C)nn(-c3ccc(Cl)c(Cl)c3)c2C)c1. The van der Waals surface area contributed by atoms with Gasteiger partial charge in [-0.2, -0.15) is 5.10 Å². The summed E-state index contributed by atoms with van der Waals surface area (Å²) in [7, 11) is -3.48. The molecule has 3 aromatic rings. The van der Waals surface area contributed by atoms with Crippen molar-refractivity contribution in [2.24, 2.45) is 0 Å². The molecule has 0 fully saturated rings. The summed E-state index contributed by atoms with van der Waals surface area (Å²) in [6.07, 6.45) is -0.0107. The number of carbonyl (C=O) groups excluding carboxylic acids is 1. The van der Waals surface area contributed by atoms with E-state index in [0.29, 0.717) is 27.0 Å². The van der Waals surface area contributed by atoms with E-state index in [1.807, 2.05) is 6.92 Å². The van der Waals surface area contributed by atoms with E-state index in [9.17, 15) is 18.3 Å². The van der Waals surface area contributed by atoms with E-state index in [1.54, 1.807) is 29.8 Å². The number of aromatic hydroxyl groups is 1. The fraction of sp³-hybridized carbons (Fsp3) is 0.238. The lowest BCUT2D eigenvalue weighted by Crippen LogP contribution is -2.16. The largest absolute Gasteiger partial charge is 0.506 e. The summed E-state index contributed by atoms with van der Waals surface area (Å²) in [5.41, 5.74) is 2.85. The number of hydrogen-bond acceptors (Lipinski definition) is 5. The summed E-state index contributed by atoms with van der Waals surface area (Å²) in [4.78, 5) is 12.7. The molecule has 10 heteroatoms. The van der Waals surface area contributed by atoms with Crippen molar-refractivity contribution in [2.75, 3.05) is 11.1 Å². The second kappa shape index (κ2) is 8.90. The van der Waals surface area contributed by atoms with E-state index in [1.165, 1.54) is 25.1 Å². The Balaban J connectivity index is 1.86. The zero-order valence-corrected chi connectivity index (χ0v) is 19.4. The summed E-state index contributed by atoms with van der Waals surface area (Å²) in [5, 5.41) is 17.9. The van der Waals surface area contributed by atoms with Crippen molar-refractivity contribution in [1.82, 2.24) is 9.78 Å². The second-order valence-corrected chi connectivity index (χ2v) is 10.1. The van der Waals surface area contributed by atoms with Crippen LogP contribution in [-0.2, 0) is 21.1 Å². The normalized spacial score (nSPS) is 11.5. The number of anilines is 1. The molecule has 0 unspecified atom stereocenters. The summed E-state index contributed by atoms with van der Waals surface area (Å²) < 4.78 is 25.9. The van der Waals surface area contributed by atoms with Crippen molar-refractivity contribution < 1.29 is 18.3 Å². The fourth-order valence-electron chi connectivity index (χ4n) is 3.13. The predicted molar refractivity (Wildman–Crippen MR) is 121 cm³/mol. The smallest absolute Gasteiger partial charge is 0.229 e. The van der Waals surface area contributed by atoms with Crippen LogP contribution < -0.4 is 5.32 Å². The van der Waals surface area contributed by atoms with Gasteiger partial charge in [0.15, 0.2) is 9.84 Å². The van der Waals surface area contributed by atoms with E-state index in [2.05, 4.69) is 10.4 Å². The van der Waals surface area contributed by atoms with Crippen LogP contribution in [-0.4, -0.2) is 35.0 Å². The van der Waals surface area contributed by atoms with Crippen LogP contribution in [0.5, 0.6) is 5.75 Å². The molecule has 0 saturated heterocycles. The molecule has 0 bridgehead atoms. The lowest BCUT2D eigenvalue weighted by Gasteiger charge is -2.10. The number of aryl methyl sites for hydroxylation is 1. The maximum absolute atomic E-state index is 12.7. The molecule has 2 N–H and O–H groups in total. The van der Waals surface area contributed by atoms with Crippen LogP contribution in [0.25, 0.3) is 5.69 Å². The number of aromatic nitrogens is 2. The van der Waals surface area contributed by atoms with E-state index < -0.39 is 15.7 Å². The van der Waals surface area contributed by atoms with Gasteiger partial charge in [-0.1, -0.05) is 30.1 Å². The number of hydrogen-bond donors (Lipinski definition) is 2. The quantitative estimate of drug-likeness (QED) is 0.505. The molecule has 31 heavy (non-hydrogen) atoms. The van der Waals surface area contributed by atoms with E-state index >= 15 is 0 Å². The van der Waals surface area contributed by atoms with Gasteiger partial charge >= 0.3 is 0 Å². The number of nitrogens with zero attached hydrogens (tertiary/aromatic N) is 2. The van der Waals surface area contributed by atoms with Crippen molar-refractivity contribution in [3.63, 3.8) is 0 Å². The van der Waals surface area contributed by atoms with Crippen LogP contribution in [0.15, 0.2) is 41.3 Å². The number of phenolic OH excluding ortho intramolecular Hbond substituents is 1. The third kappa shape index (κ3) is 4.87. The fourth-order valence-corrected chi connectivity index (χ4v) is 4.33.